The Hall–Kier alpha value is -2.77. The molecule has 29 heavy (non-hydrogen) atoms. The Labute approximate surface area is 177 Å². The van der Waals surface area contributed by atoms with Gasteiger partial charge in [0.1, 0.15) is 11.3 Å². The molecular formula is C21H12BrClF2N2O2. The molecule has 0 saturated heterocycles. The average molecular weight is 478 g/mol. The van der Waals surface area contributed by atoms with Gasteiger partial charge in [-0.05, 0) is 70.9 Å². The average Bonchev–Trinajstić information content (AvgIpc) is 3.09. The van der Waals surface area contributed by atoms with E-state index in [-0.39, 0.29) is 22.2 Å². The van der Waals surface area contributed by atoms with Crippen LogP contribution in [0.5, 0.6) is 5.75 Å². The number of aromatic nitrogens is 1. The number of phenolic OH excluding ortho intramolecular Hbond substituents is 1. The zero-order valence-electron chi connectivity index (χ0n) is 14.9. The van der Waals surface area contributed by atoms with Gasteiger partial charge >= 0.3 is 0 Å². The number of hydrogen-bond acceptors (Lipinski definition) is 4. The number of aromatic hydroxyl groups is 1. The minimum Gasteiger partial charge on any atom is -0.506 e. The molecule has 0 atom stereocenters. The summed E-state index contributed by atoms with van der Waals surface area (Å²) in [7, 11) is 0. The fourth-order valence-electron chi connectivity index (χ4n) is 2.80. The Kier molecular flexibility index (Phi) is 5.10. The smallest absolute Gasteiger partial charge is 0.228 e. The second-order valence-electron chi connectivity index (χ2n) is 6.36. The number of nitrogens with zero attached hydrogens (tertiary/aromatic N) is 2. The molecule has 4 aromatic rings. The van der Waals surface area contributed by atoms with Gasteiger partial charge in [-0.3, -0.25) is 4.99 Å². The van der Waals surface area contributed by atoms with Crippen LogP contribution in [0.25, 0.3) is 22.6 Å². The molecule has 0 fully saturated rings. The lowest BCUT2D eigenvalue weighted by Crippen LogP contribution is -1.87. The second kappa shape index (κ2) is 7.57. The summed E-state index contributed by atoms with van der Waals surface area (Å²) in [6.45, 7) is 1.91. The number of halogens is 4. The summed E-state index contributed by atoms with van der Waals surface area (Å²) in [4.78, 5) is 8.68. The van der Waals surface area contributed by atoms with Crippen LogP contribution in [0.4, 0.5) is 14.5 Å². The fourth-order valence-corrected chi connectivity index (χ4v) is 3.62. The van der Waals surface area contributed by atoms with Crippen molar-refractivity contribution in [3.8, 4) is 17.2 Å². The fraction of sp³-hybridized carbons (Fsp3) is 0.0476. The first kappa shape index (κ1) is 19.5. The molecule has 0 aliphatic carbocycles. The summed E-state index contributed by atoms with van der Waals surface area (Å²) in [5.74, 6) is -1.92. The lowest BCUT2D eigenvalue weighted by Gasteiger charge is -2.03. The van der Waals surface area contributed by atoms with Crippen LogP contribution >= 0.6 is 27.5 Å². The van der Waals surface area contributed by atoms with Crippen LogP contribution < -0.4 is 0 Å². The van der Waals surface area contributed by atoms with Crippen LogP contribution in [0, 0.1) is 18.6 Å². The van der Waals surface area contributed by atoms with Crippen molar-refractivity contribution in [1.82, 2.24) is 4.98 Å². The highest BCUT2D eigenvalue weighted by atomic mass is 79.9. The van der Waals surface area contributed by atoms with Crippen molar-refractivity contribution >= 4 is 50.5 Å². The molecule has 0 aliphatic heterocycles. The van der Waals surface area contributed by atoms with Crippen LogP contribution in [-0.2, 0) is 0 Å². The molecule has 0 unspecified atom stereocenters. The monoisotopic (exact) mass is 476 g/mol. The van der Waals surface area contributed by atoms with Crippen molar-refractivity contribution in [2.24, 2.45) is 4.99 Å². The minimum atomic E-state index is -1.04. The molecule has 1 N–H and O–H groups in total. The normalized spacial score (nSPS) is 11.6. The maximum absolute atomic E-state index is 13.6. The first-order chi connectivity index (χ1) is 13.8. The van der Waals surface area contributed by atoms with Crippen molar-refractivity contribution < 1.29 is 18.3 Å². The van der Waals surface area contributed by atoms with Crippen molar-refractivity contribution in [3.05, 3.63) is 74.7 Å². The molecule has 1 heterocycles. The highest BCUT2D eigenvalue weighted by molar-refractivity contribution is 9.10. The van der Waals surface area contributed by atoms with E-state index >= 15 is 0 Å². The van der Waals surface area contributed by atoms with Crippen LogP contribution in [0.3, 0.4) is 0 Å². The van der Waals surface area contributed by atoms with Crippen LogP contribution in [-0.4, -0.2) is 16.3 Å². The summed E-state index contributed by atoms with van der Waals surface area (Å²) in [6, 6.07) is 10.5. The van der Waals surface area contributed by atoms with E-state index in [1.165, 1.54) is 0 Å². The lowest BCUT2D eigenvalue weighted by atomic mass is 10.1. The first-order valence-corrected chi connectivity index (χ1v) is 9.57. The summed E-state index contributed by atoms with van der Waals surface area (Å²) in [5, 5.41) is 10.1. The molecule has 0 radical (unpaired) electrons. The predicted octanol–water partition coefficient (Wildman–Crippen LogP) is 6.95. The molecule has 4 rings (SSSR count). The third-order valence-electron chi connectivity index (χ3n) is 4.20. The maximum atomic E-state index is 13.6. The van der Waals surface area contributed by atoms with E-state index in [0.29, 0.717) is 26.8 Å². The van der Waals surface area contributed by atoms with Crippen LogP contribution in [0.1, 0.15) is 11.1 Å². The van der Waals surface area contributed by atoms with Crippen molar-refractivity contribution in [2.45, 2.75) is 6.92 Å². The maximum Gasteiger partial charge on any atom is 0.228 e. The number of phenols is 1. The van der Waals surface area contributed by atoms with E-state index in [0.717, 1.165) is 17.7 Å². The van der Waals surface area contributed by atoms with E-state index in [4.69, 9.17) is 16.0 Å². The van der Waals surface area contributed by atoms with Crippen molar-refractivity contribution in [3.63, 3.8) is 0 Å². The van der Waals surface area contributed by atoms with Gasteiger partial charge in [-0.1, -0.05) is 11.6 Å². The molecule has 1 aromatic heterocycles. The van der Waals surface area contributed by atoms with Gasteiger partial charge in [0.25, 0.3) is 0 Å². The molecule has 146 valence electrons. The Morgan fingerprint density at radius 3 is 2.69 bits per heavy atom. The second-order valence-corrected chi connectivity index (χ2v) is 7.62. The van der Waals surface area contributed by atoms with E-state index in [1.54, 1.807) is 36.5 Å². The van der Waals surface area contributed by atoms with E-state index in [2.05, 4.69) is 25.9 Å². The molecule has 0 saturated carbocycles. The summed E-state index contributed by atoms with van der Waals surface area (Å²) in [5.41, 5.74) is 3.18. The van der Waals surface area contributed by atoms with Crippen molar-refractivity contribution in [2.75, 3.05) is 0 Å². The van der Waals surface area contributed by atoms with Gasteiger partial charge < -0.3 is 9.52 Å². The highest BCUT2D eigenvalue weighted by Gasteiger charge is 2.16. The Morgan fingerprint density at radius 1 is 1.14 bits per heavy atom. The standard InChI is InChI=1S/C21H12BrClF2N2O2/c1-10-4-11(20(28)14(22)5-10)9-26-12-2-3-19-18(6-12)27-21(29-19)13-7-16(24)17(25)8-15(13)23/h2-9,28H,1H3. The van der Waals surface area contributed by atoms with Gasteiger partial charge in [-0.15, -0.1) is 0 Å². The summed E-state index contributed by atoms with van der Waals surface area (Å²) < 4.78 is 33.1. The molecule has 8 heteroatoms. The van der Waals surface area contributed by atoms with Crippen molar-refractivity contribution in [1.29, 1.82) is 0 Å². The quantitative estimate of drug-likeness (QED) is 0.256. The van der Waals surface area contributed by atoms with Crippen LogP contribution in [0.2, 0.25) is 5.02 Å². The molecule has 0 aliphatic rings. The van der Waals surface area contributed by atoms with Gasteiger partial charge in [0.05, 0.1) is 20.7 Å². The van der Waals surface area contributed by atoms with E-state index in [1.807, 2.05) is 6.92 Å². The number of benzene rings is 3. The zero-order valence-corrected chi connectivity index (χ0v) is 17.2. The van der Waals surface area contributed by atoms with Gasteiger partial charge in [0.15, 0.2) is 17.2 Å². The van der Waals surface area contributed by atoms with Gasteiger partial charge in [-0.2, -0.15) is 0 Å². The Morgan fingerprint density at radius 2 is 1.90 bits per heavy atom. The summed E-state index contributed by atoms with van der Waals surface area (Å²) >= 11 is 9.30. The number of hydrogen-bond donors (Lipinski definition) is 1. The van der Waals surface area contributed by atoms with Crippen LogP contribution in [0.15, 0.2) is 56.3 Å². The Balaban J connectivity index is 1.70. The molecular weight excluding hydrogens is 466 g/mol. The number of aliphatic imine (C=N–C) groups is 1. The van der Waals surface area contributed by atoms with Gasteiger partial charge in [-0.25, -0.2) is 13.8 Å². The third-order valence-corrected chi connectivity index (χ3v) is 5.12. The van der Waals surface area contributed by atoms with E-state index < -0.39 is 11.6 Å². The van der Waals surface area contributed by atoms with Gasteiger partial charge in [0, 0.05) is 11.8 Å². The first-order valence-electron chi connectivity index (χ1n) is 8.40. The largest absolute Gasteiger partial charge is 0.506 e. The Bertz CT molecular complexity index is 1290. The highest BCUT2D eigenvalue weighted by Crippen LogP contribution is 2.33. The van der Waals surface area contributed by atoms with Gasteiger partial charge in [0.2, 0.25) is 5.89 Å². The zero-order chi connectivity index (χ0) is 20.7. The number of aryl methyl sites for hydroxylation is 1. The molecule has 4 nitrogen and oxygen atoms in total. The minimum absolute atomic E-state index is 0.00537. The number of rotatable bonds is 3. The third kappa shape index (κ3) is 3.88. The molecule has 0 amide bonds. The molecule has 3 aromatic carbocycles. The van der Waals surface area contributed by atoms with E-state index in [9.17, 15) is 13.9 Å². The predicted molar refractivity (Wildman–Crippen MR) is 112 cm³/mol. The molecule has 0 bridgehead atoms. The SMILES string of the molecule is Cc1cc(Br)c(O)c(C=Nc2ccc3oc(-c4cc(F)c(F)cc4Cl)nc3c2)c1. The number of fused-ring (bicyclic) bond motifs is 1. The molecule has 0 spiro atoms. The lowest BCUT2D eigenvalue weighted by molar-refractivity contribution is 0.471. The topological polar surface area (TPSA) is 58.6 Å². The number of oxazole rings is 1. The summed E-state index contributed by atoms with van der Waals surface area (Å²) in [6.07, 6.45) is 1.54.